The topological polar surface area (TPSA) is 62.6 Å². The van der Waals surface area contributed by atoms with Crippen molar-refractivity contribution in [2.45, 2.75) is 39.8 Å². The Hall–Kier alpha value is -2.56. The summed E-state index contributed by atoms with van der Waals surface area (Å²) in [6, 6.07) is 7.13. The summed E-state index contributed by atoms with van der Waals surface area (Å²) >= 11 is 0. The lowest BCUT2D eigenvalue weighted by Crippen LogP contribution is -2.40. The maximum atomic E-state index is 12.8. The highest BCUT2D eigenvalue weighted by atomic mass is 16.3. The summed E-state index contributed by atoms with van der Waals surface area (Å²) in [4.78, 5) is 26.4. The van der Waals surface area contributed by atoms with Crippen molar-refractivity contribution in [3.05, 3.63) is 58.5 Å². The number of hydrogen-bond donors (Lipinski definition) is 1. The lowest BCUT2D eigenvalue weighted by molar-refractivity contribution is -0.132. The maximum Gasteiger partial charge on any atom is 0.325 e. The Kier molecular flexibility index (Phi) is 3.51. The van der Waals surface area contributed by atoms with E-state index in [4.69, 9.17) is 4.42 Å². The van der Waals surface area contributed by atoms with Crippen LogP contribution < -0.4 is 5.32 Å². The molecule has 1 aliphatic heterocycles. The van der Waals surface area contributed by atoms with Crippen LogP contribution in [0.15, 0.2) is 34.9 Å². The highest BCUT2D eigenvalue weighted by molar-refractivity contribution is 6.06. The molecule has 0 spiro atoms. The van der Waals surface area contributed by atoms with Crippen molar-refractivity contribution in [1.82, 2.24) is 10.2 Å². The first-order valence-electron chi connectivity index (χ1n) is 7.58. The normalized spacial score (nSPS) is 21.0. The van der Waals surface area contributed by atoms with Crippen molar-refractivity contribution in [2.24, 2.45) is 0 Å². The van der Waals surface area contributed by atoms with Gasteiger partial charge in [-0.25, -0.2) is 4.79 Å². The fourth-order valence-corrected chi connectivity index (χ4v) is 3.19. The van der Waals surface area contributed by atoms with E-state index in [0.29, 0.717) is 5.76 Å². The van der Waals surface area contributed by atoms with E-state index in [9.17, 15) is 9.59 Å². The van der Waals surface area contributed by atoms with Crippen LogP contribution in [0.4, 0.5) is 4.79 Å². The molecule has 3 amide bonds. The number of nitrogens with one attached hydrogen (secondary N) is 1. The zero-order valence-electron chi connectivity index (χ0n) is 13.8. The SMILES string of the molecule is Cc1cc(C)c(CN2C(=O)N[C@](C)(c3ccco3)C2=O)c(C)c1. The van der Waals surface area contributed by atoms with Gasteiger partial charge in [-0.3, -0.25) is 9.69 Å². The Morgan fingerprint density at radius 2 is 1.83 bits per heavy atom. The first-order chi connectivity index (χ1) is 10.8. The Morgan fingerprint density at radius 1 is 1.17 bits per heavy atom. The number of rotatable bonds is 3. The molecule has 1 aromatic carbocycles. The molecule has 2 aromatic rings. The van der Waals surface area contributed by atoms with Crippen LogP contribution in [-0.4, -0.2) is 16.8 Å². The Morgan fingerprint density at radius 3 is 2.39 bits per heavy atom. The van der Waals surface area contributed by atoms with Crippen molar-refractivity contribution in [2.75, 3.05) is 0 Å². The molecule has 1 atom stereocenters. The van der Waals surface area contributed by atoms with Crippen LogP contribution in [0.1, 0.15) is 34.9 Å². The number of imide groups is 1. The van der Waals surface area contributed by atoms with Gasteiger partial charge in [0.15, 0.2) is 5.54 Å². The minimum absolute atomic E-state index is 0.263. The van der Waals surface area contributed by atoms with Crippen LogP contribution in [0, 0.1) is 20.8 Å². The summed E-state index contributed by atoms with van der Waals surface area (Å²) in [7, 11) is 0. The number of carbonyl (C=O) groups is 2. The van der Waals surface area contributed by atoms with Gasteiger partial charge in [0.25, 0.3) is 5.91 Å². The second-order valence-electron chi connectivity index (χ2n) is 6.30. The molecule has 2 heterocycles. The molecule has 23 heavy (non-hydrogen) atoms. The Balaban J connectivity index is 1.93. The van der Waals surface area contributed by atoms with Crippen molar-refractivity contribution in [3.8, 4) is 0 Å². The minimum Gasteiger partial charge on any atom is -0.466 e. The summed E-state index contributed by atoms with van der Waals surface area (Å²) in [5, 5.41) is 2.75. The number of aryl methyl sites for hydroxylation is 3. The lowest BCUT2D eigenvalue weighted by atomic mass is 9.97. The molecule has 1 saturated heterocycles. The van der Waals surface area contributed by atoms with Gasteiger partial charge in [0.05, 0.1) is 12.8 Å². The van der Waals surface area contributed by atoms with Crippen LogP contribution >= 0.6 is 0 Å². The van der Waals surface area contributed by atoms with Crippen molar-refractivity contribution in [3.63, 3.8) is 0 Å². The van der Waals surface area contributed by atoms with Gasteiger partial charge in [0.1, 0.15) is 5.76 Å². The third-order valence-electron chi connectivity index (χ3n) is 4.45. The van der Waals surface area contributed by atoms with Gasteiger partial charge in [0.2, 0.25) is 0 Å². The monoisotopic (exact) mass is 312 g/mol. The van der Waals surface area contributed by atoms with Gasteiger partial charge in [-0.1, -0.05) is 17.7 Å². The van der Waals surface area contributed by atoms with Gasteiger partial charge in [0, 0.05) is 0 Å². The highest BCUT2D eigenvalue weighted by Crippen LogP contribution is 2.31. The lowest BCUT2D eigenvalue weighted by Gasteiger charge is -2.20. The molecule has 1 fully saturated rings. The fourth-order valence-electron chi connectivity index (χ4n) is 3.19. The molecule has 5 heteroatoms. The second-order valence-corrected chi connectivity index (χ2v) is 6.30. The molecular formula is C18H20N2O3. The number of amides is 3. The average Bonchev–Trinajstić information content (AvgIpc) is 3.06. The van der Waals surface area contributed by atoms with Crippen LogP contribution in [0.2, 0.25) is 0 Å². The second kappa shape index (κ2) is 5.26. The molecule has 5 nitrogen and oxygen atoms in total. The third kappa shape index (κ3) is 2.42. The first kappa shape index (κ1) is 15.3. The van der Waals surface area contributed by atoms with Gasteiger partial charge in [-0.05, 0) is 56.5 Å². The number of furan rings is 1. The fraction of sp³-hybridized carbons (Fsp3) is 0.333. The molecule has 0 aliphatic carbocycles. The number of urea groups is 1. The molecular weight excluding hydrogens is 292 g/mol. The summed E-state index contributed by atoms with van der Waals surface area (Å²) in [5.41, 5.74) is 3.18. The van der Waals surface area contributed by atoms with Crippen LogP contribution in [0.25, 0.3) is 0 Å². The quantitative estimate of drug-likeness (QED) is 0.885. The molecule has 1 N–H and O–H groups in total. The van der Waals surface area contributed by atoms with Crippen molar-refractivity contribution >= 4 is 11.9 Å². The van der Waals surface area contributed by atoms with E-state index in [1.54, 1.807) is 19.1 Å². The third-order valence-corrected chi connectivity index (χ3v) is 4.45. The van der Waals surface area contributed by atoms with Gasteiger partial charge in [-0.2, -0.15) is 0 Å². The van der Waals surface area contributed by atoms with Crippen LogP contribution in [0.3, 0.4) is 0 Å². The van der Waals surface area contributed by atoms with Crippen LogP contribution in [0.5, 0.6) is 0 Å². The minimum atomic E-state index is -1.15. The largest absolute Gasteiger partial charge is 0.466 e. The summed E-state index contributed by atoms with van der Waals surface area (Å²) < 4.78 is 5.34. The molecule has 0 saturated carbocycles. The number of hydrogen-bond acceptors (Lipinski definition) is 3. The zero-order chi connectivity index (χ0) is 16.8. The van der Waals surface area contributed by atoms with Gasteiger partial charge >= 0.3 is 6.03 Å². The summed E-state index contributed by atoms with van der Waals surface area (Å²) in [6.45, 7) is 7.96. The molecule has 3 rings (SSSR count). The van der Waals surface area contributed by atoms with E-state index in [-0.39, 0.29) is 12.5 Å². The highest BCUT2D eigenvalue weighted by Gasteiger charge is 2.50. The maximum absolute atomic E-state index is 12.8. The summed E-state index contributed by atoms with van der Waals surface area (Å²) in [6.07, 6.45) is 1.50. The number of benzene rings is 1. The smallest absolute Gasteiger partial charge is 0.325 e. The van der Waals surface area contributed by atoms with E-state index >= 15 is 0 Å². The van der Waals surface area contributed by atoms with E-state index in [1.165, 1.54) is 16.7 Å². The first-order valence-corrected chi connectivity index (χ1v) is 7.58. The van der Waals surface area contributed by atoms with Gasteiger partial charge in [-0.15, -0.1) is 0 Å². The van der Waals surface area contributed by atoms with Crippen LogP contribution in [-0.2, 0) is 16.9 Å². The summed E-state index contributed by atoms with van der Waals surface area (Å²) in [5.74, 6) is 0.146. The molecule has 1 aromatic heterocycles. The predicted octanol–water partition coefficient (Wildman–Crippen LogP) is 3.17. The van der Waals surface area contributed by atoms with Crippen molar-refractivity contribution < 1.29 is 14.0 Å². The Labute approximate surface area is 135 Å². The van der Waals surface area contributed by atoms with E-state index in [2.05, 4.69) is 17.4 Å². The number of nitrogens with zero attached hydrogens (tertiary/aromatic N) is 1. The predicted molar refractivity (Wildman–Crippen MR) is 85.8 cm³/mol. The van der Waals surface area contributed by atoms with Gasteiger partial charge < -0.3 is 9.73 Å². The number of carbonyl (C=O) groups excluding carboxylic acids is 2. The van der Waals surface area contributed by atoms with E-state index in [0.717, 1.165) is 16.7 Å². The average molecular weight is 312 g/mol. The zero-order valence-corrected chi connectivity index (χ0v) is 13.8. The molecule has 0 bridgehead atoms. The standard InChI is InChI=1S/C18H20N2O3/c1-11-8-12(2)14(13(3)9-11)10-20-16(21)18(4,19-17(20)22)15-6-5-7-23-15/h5-9H,10H2,1-4H3,(H,19,22)/t18-/m1/s1. The molecule has 1 aliphatic rings. The Bertz CT molecular complexity index is 757. The van der Waals surface area contributed by atoms with Crippen molar-refractivity contribution in [1.29, 1.82) is 0 Å². The molecule has 0 radical (unpaired) electrons. The molecule has 120 valence electrons. The van der Waals surface area contributed by atoms with E-state index in [1.807, 2.05) is 20.8 Å². The van der Waals surface area contributed by atoms with E-state index < -0.39 is 11.6 Å². The molecule has 0 unspecified atom stereocenters.